The molecule has 5 aliphatic rings. The van der Waals surface area contributed by atoms with Gasteiger partial charge in [-0.05, 0) is 25.7 Å². The summed E-state index contributed by atoms with van der Waals surface area (Å²) in [7, 11) is 0. The molecular formula is C30H47O20+. The number of ether oxygens (including phenoxy) is 6. The van der Waals surface area contributed by atoms with Crippen LogP contribution in [0, 0.1) is 11.8 Å². The van der Waals surface area contributed by atoms with E-state index < -0.39 is 141 Å². The zero-order valence-electron chi connectivity index (χ0n) is 26.8. The van der Waals surface area contributed by atoms with Crippen LogP contribution in [-0.4, -0.2) is 190 Å². The highest BCUT2D eigenvalue weighted by atomic mass is 16.8. The first kappa shape index (κ1) is 39.1. The molecule has 3 aliphatic heterocycles. The largest absolute Gasteiger partial charge is 0.481 e. The van der Waals surface area contributed by atoms with Gasteiger partial charge in [0.25, 0.3) is 0 Å². The number of carboxylic acid groups (broad SMARTS) is 2. The molecule has 0 radical (unpaired) electrons. The molecule has 20 nitrogen and oxygen atoms in total. The summed E-state index contributed by atoms with van der Waals surface area (Å²) >= 11 is 0. The molecule has 0 amide bonds. The molecule has 50 heavy (non-hydrogen) atoms. The summed E-state index contributed by atoms with van der Waals surface area (Å²) in [5, 5.41) is 113. The molecule has 2 saturated carbocycles. The van der Waals surface area contributed by atoms with E-state index in [-0.39, 0.29) is 38.0 Å². The second kappa shape index (κ2) is 16.3. The summed E-state index contributed by atoms with van der Waals surface area (Å²) in [6, 6.07) is 0. The number of rotatable bonds is 10. The molecule has 286 valence electrons. The van der Waals surface area contributed by atoms with Gasteiger partial charge in [-0.25, -0.2) is 4.79 Å². The van der Waals surface area contributed by atoms with Crippen LogP contribution >= 0.6 is 0 Å². The van der Waals surface area contributed by atoms with E-state index in [9.17, 15) is 65.4 Å². The summed E-state index contributed by atoms with van der Waals surface area (Å²) in [5.74, 6) is -5.52. The van der Waals surface area contributed by atoms with Gasteiger partial charge in [-0.3, -0.25) is 9.59 Å². The quantitative estimate of drug-likeness (QED) is 0.0568. The van der Waals surface area contributed by atoms with Crippen molar-refractivity contribution in [3.63, 3.8) is 0 Å². The number of fused-ring (bicyclic) bond motifs is 1. The van der Waals surface area contributed by atoms with Gasteiger partial charge in [-0.1, -0.05) is 0 Å². The van der Waals surface area contributed by atoms with E-state index in [0.29, 0.717) is 6.42 Å². The number of aliphatic carboxylic acids is 2. The van der Waals surface area contributed by atoms with Crippen molar-refractivity contribution in [3.8, 4) is 0 Å². The van der Waals surface area contributed by atoms with Gasteiger partial charge in [-0.2, -0.15) is 0 Å². The van der Waals surface area contributed by atoms with Crippen molar-refractivity contribution in [1.29, 1.82) is 0 Å². The molecule has 5 rings (SSSR count). The Balaban J connectivity index is 1.46. The van der Waals surface area contributed by atoms with Crippen LogP contribution in [-0.2, 0) is 38.1 Å². The van der Waals surface area contributed by atoms with Crippen LogP contribution < -0.4 is 0 Å². The molecular weight excluding hydrogens is 680 g/mol. The van der Waals surface area contributed by atoms with E-state index in [4.69, 9.17) is 33.5 Å². The lowest BCUT2D eigenvalue weighted by Crippen LogP contribution is -2.66. The van der Waals surface area contributed by atoms with E-state index in [1.165, 1.54) is 0 Å². The van der Waals surface area contributed by atoms with Gasteiger partial charge in [0.05, 0.1) is 36.9 Å². The normalized spacial score (nSPS) is 48.3. The van der Waals surface area contributed by atoms with E-state index >= 15 is 0 Å². The lowest BCUT2D eigenvalue weighted by Gasteiger charge is -2.50. The standard InChI is InChI=1S/C30H46O20/c31-8-17-25(48-19(38)7-18(36)37)23(42)27(50-29-22(41)20(39)21(40)26(49-29)28(43)44)30(47-17)46-16-6-11-13(34)4-10(32)5-15(11)45-24(16)9-1-2-12(33)14(35)3-9/h9-17,20-27,29-35,39-42H,1-8H2,(H,36,37)(H,43,44)/p+1/t9?,10?,11?,12?,13?,14?,15?,16?,17-,20+,21+,22-,23+,24?,25+,26+,27-,29+,30-/m1/s1. The monoisotopic (exact) mass is 727 g/mol. The van der Waals surface area contributed by atoms with Crippen LogP contribution in [0.3, 0.4) is 0 Å². The van der Waals surface area contributed by atoms with Gasteiger partial charge < -0.3 is 84.6 Å². The molecule has 0 aromatic rings. The summed E-state index contributed by atoms with van der Waals surface area (Å²) in [6.45, 7) is -0.907. The first-order valence-electron chi connectivity index (χ1n) is 16.6. The molecule has 3 saturated heterocycles. The zero-order valence-corrected chi connectivity index (χ0v) is 26.8. The number of aliphatic hydroxyl groups excluding tert-OH is 9. The SMILES string of the molecule is O=C(O)CC(=O)O[C@@H]1[C@H](O)[C@@H](O[C@@H]2O[C@H](C(=O)O)[C@@H](O)[C@H](O)[C@H]2O)[C@H](OC2CC3C(O)CC(O)CC3[OH+]C2C2CCC(O)C(O)C2)O[C@@H]1CO. The summed E-state index contributed by atoms with van der Waals surface area (Å²) in [6.07, 6.45) is -25.5. The highest BCUT2D eigenvalue weighted by Gasteiger charge is 2.57. The molecule has 0 aromatic carbocycles. The Morgan fingerprint density at radius 2 is 1.44 bits per heavy atom. The second-order valence-electron chi connectivity index (χ2n) is 13.8. The van der Waals surface area contributed by atoms with E-state index in [0.717, 1.165) is 0 Å². The van der Waals surface area contributed by atoms with E-state index in [1.807, 2.05) is 0 Å². The Bertz CT molecular complexity index is 1190. The lowest BCUT2D eigenvalue weighted by atomic mass is 9.72. The highest BCUT2D eigenvalue weighted by Crippen LogP contribution is 2.43. The molecule has 12 N–H and O–H groups in total. The highest BCUT2D eigenvalue weighted by molar-refractivity contribution is 5.90. The van der Waals surface area contributed by atoms with Crippen LogP contribution in [0.5, 0.6) is 0 Å². The van der Waals surface area contributed by atoms with Gasteiger partial charge >= 0.3 is 17.9 Å². The van der Waals surface area contributed by atoms with Gasteiger partial charge in [0.1, 0.15) is 49.1 Å². The number of carboxylic acids is 2. The molecule has 0 bridgehead atoms. The Kier molecular flexibility index (Phi) is 12.7. The van der Waals surface area contributed by atoms with Gasteiger partial charge in [-0.15, -0.1) is 0 Å². The molecule has 20 heteroatoms. The maximum Gasteiger partial charge on any atom is 0.335 e. The molecule has 0 spiro atoms. The fourth-order valence-corrected chi connectivity index (χ4v) is 7.75. The van der Waals surface area contributed by atoms with Gasteiger partial charge in [0, 0.05) is 18.8 Å². The number of aliphatic hydroxyl groups is 11. The zero-order chi connectivity index (χ0) is 36.6. The Morgan fingerprint density at radius 3 is 2.08 bits per heavy atom. The topological polar surface area (TPSA) is 333 Å². The first-order valence-corrected chi connectivity index (χ1v) is 16.6. The molecule has 2 aliphatic carbocycles. The number of carbonyl (C=O) groups is 3. The third-order valence-electron chi connectivity index (χ3n) is 10.3. The van der Waals surface area contributed by atoms with Crippen molar-refractivity contribution < 1.29 is 99.0 Å². The smallest absolute Gasteiger partial charge is 0.335 e. The molecule has 0 aromatic heterocycles. The first-order chi connectivity index (χ1) is 23.6. The molecule has 3 heterocycles. The van der Waals surface area contributed by atoms with Gasteiger partial charge in [0.15, 0.2) is 37.0 Å². The number of esters is 1. The van der Waals surface area contributed by atoms with Crippen LogP contribution in [0.1, 0.15) is 44.9 Å². The summed E-state index contributed by atoms with van der Waals surface area (Å²) in [5.41, 5.74) is 0. The lowest BCUT2D eigenvalue weighted by molar-refractivity contribution is -0.385. The number of hydrogen-bond acceptors (Lipinski definition) is 17. The van der Waals surface area contributed by atoms with Crippen molar-refractivity contribution in [3.05, 3.63) is 0 Å². The van der Waals surface area contributed by atoms with Crippen molar-refractivity contribution in [2.24, 2.45) is 11.8 Å². The Labute approximate surface area is 284 Å². The Hall–Kier alpha value is -2.15. The molecule has 19 atom stereocenters. The predicted octanol–water partition coefficient (Wildman–Crippen LogP) is -5.56. The molecule has 5 fully saturated rings. The van der Waals surface area contributed by atoms with Crippen molar-refractivity contribution in [2.75, 3.05) is 6.61 Å². The van der Waals surface area contributed by atoms with E-state index in [1.54, 1.807) is 0 Å². The Morgan fingerprint density at radius 1 is 0.720 bits per heavy atom. The summed E-state index contributed by atoms with van der Waals surface area (Å²) < 4.78 is 33.3. The third kappa shape index (κ3) is 8.39. The third-order valence-corrected chi connectivity index (χ3v) is 10.3. The van der Waals surface area contributed by atoms with Crippen LogP contribution in [0.4, 0.5) is 0 Å². The second-order valence-corrected chi connectivity index (χ2v) is 13.8. The number of carbonyl (C=O) groups excluding carboxylic acids is 1. The van der Waals surface area contributed by atoms with Crippen molar-refractivity contribution in [1.82, 2.24) is 0 Å². The van der Waals surface area contributed by atoms with E-state index in [2.05, 4.69) is 0 Å². The van der Waals surface area contributed by atoms with Crippen LogP contribution in [0.2, 0.25) is 0 Å². The minimum atomic E-state index is -2.11. The minimum absolute atomic E-state index is 0.0680. The maximum atomic E-state index is 12.3. The van der Waals surface area contributed by atoms with Gasteiger partial charge in [0.2, 0.25) is 0 Å². The average molecular weight is 728 g/mol. The predicted molar refractivity (Wildman–Crippen MR) is 156 cm³/mol. The van der Waals surface area contributed by atoms with Crippen molar-refractivity contribution >= 4 is 17.9 Å². The minimum Gasteiger partial charge on any atom is -0.481 e. The number of hydrogen-bond donors (Lipinski definition) is 11. The average Bonchev–Trinajstić information content (AvgIpc) is 3.04. The van der Waals surface area contributed by atoms with Crippen LogP contribution in [0.15, 0.2) is 0 Å². The van der Waals surface area contributed by atoms with Crippen LogP contribution in [0.25, 0.3) is 0 Å². The molecule has 9 unspecified atom stereocenters. The fourth-order valence-electron chi connectivity index (χ4n) is 7.75. The van der Waals surface area contributed by atoms with Crippen molar-refractivity contribution in [2.45, 2.75) is 149 Å². The maximum absolute atomic E-state index is 12.3. The summed E-state index contributed by atoms with van der Waals surface area (Å²) in [4.78, 5) is 35.2. The fraction of sp³-hybridized carbons (Fsp3) is 0.900.